The summed E-state index contributed by atoms with van der Waals surface area (Å²) in [4.78, 5) is 35.8. The molecule has 0 bridgehead atoms. The summed E-state index contributed by atoms with van der Waals surface area (Å²) in [5.41, 5.74) is 11.5. The Morgan fingerprint density at radius 1 is 0.620 bits per heavy atom. The van der Waals surface area contributed by atoms with E-state index in [9.17, 15) is 9.59 Å². The molecule has 0 aliphatic carbocycles. The largest absolute Gasteiger partial charge is 0.491 e. The van der Waals surface area contributed by atoms with Crippen molar-refractivity contribution in [3.8, 4) is 33.8 Å². The molecule has 2 atom stereocenters. The second-order valence-corrected chi connectivity index (χ2v) is 19.8. The number of nitrogens with one attached hydrogen (secondary N) is 2. The van der Waals surface area contributed by atoms with E-state index in [4.69, 9.17) is 14.2 Å². The molecule has 15 nitrogen and oxygen atoms in total. The van der Waals surface area contributed by atoms with Crippen molar-refractivity contribution in [3.05, 3.63) is 131 Å². The Labute approximate surface area is 420 Å². The average molecular weight is 967 g/mol. The average Bonchev–Trinajstić information content (AvgIpc) is 3.94. The van der Waals surface area contributed by atoms with E-state index in [-0.39, 0.29) is 30.0 Å². The predicted molar refractivity (Wildman–Crippen MR) is 284 cm³/mol. The summed E-state index contributed by atoms with van der Waals surface area (Å²) >= 11 is 0. The normalized spacial score (nSPS) is 14.7. The van der Waals surface area contributed by atoms with E-state index in [0.717, 1.165) is 93.6 Å². The van der Waals surface area contributed by atoms with Crippen molar-refractivity contribution >= 4 is 23.2 Å². The molecule has 2 unspecified atom stereocenters. The van der Waals surface area contributed by atoms with Crippen LogP contribution in [0.4, 0.5) is 11.4 Å². The number of nitrogens with zero attached hydrogens (tertiary/aromatic N) is 8. The van der Waals surface area contributed by atoms with Crippen LogP contribution in [0.2, 0.25) is 0 Å². The van der Waals surface area contributed by atoms with Crippen LogP contribution in [0.25, 0.3) is 22.3 Å². The molecule has 2 saturated heterocycles. The van der Waals surface area contributed by atoms with Gasteiger partial charge in [-0.05, 0) is 164 Å². The van der Waals surface area contributed by atoms with Crippen LogP contribution in [0.15, 0.2) is 97.6 Å². The molecule has 0 radical (unpaired) electrons. The number of aryl methyl sites for hydroxylation is 4. The van der Waals surface area contributed by atoms with Crippen LogP contribution in [-0.2, 0) is 18.8 Å². The van der Waals surface area contributed by atoms with Crippen LogP contribution in [-0.4, -0.2) is 134 Å². The summed E-state index contributed by atoms with van der Waals surface area (Å²) in [5.74, 6) is 1.36. The van der Waals surface area contributed by atoms with Gasteiger partial charge in [0.1, 0.15) is 18.1 Å². The Balaban J connectivity index is 0.000000209. The number of amides is 2. The number of likely N-dealkylation sites (N-methyl/N-ethyl adjacent to an activating group) is 2. The molecular weight excluding hydrogens is 893 g/mol. The van der Waals surface area contributed by atoms with E-state index >= 15 is 0 Å². The number of ether oxygens (including phenoxy) is 3. The second-order valence-electron chi connectivity index (χ2n) is 19.8. The minimum absolute atomic E-state index is 0.0517. The number of carbonyl (C=O) groups is 2. The zero-order valence-electron chi connectivity index (χ0n) is 44.0. The van der Waals surface area contributed by atoms with Crippen molar-refractivity contribution in [2.75, 3.05) is 84.5 Å². The predicted octanol–water partition coefficient (Wildman–Crippen LogP) is 8.09. The molecule has 8 rings (SSSR count). The molecule has 0 spiro atoms. The maximum Gasteiger partial charge on any atom is 0.252 e. The van der Waals surface area contributed by atoms with Crippen molar-refractivity contribution in [1.82, 2.24) is 40.0 Å². The van der Waals surface area contributed by atoms with Gasteiger partial charge in [-0.15, -0.1) is 0 Å². The molecule has 15 heteroatoms. The van der Waals surface area contributed by atoms with Gasteiger partial charge in [0, 0.05) is 105 Å². The van der Waals surface area contributed by atoms with E-state index in [1.54, 1.807) is 16.5 Å². The number of benzene rings is 4. The first-order valence-electron chi connectivity index (χ1n) is 24.6. The van der Waals surface area contributed by atoms with Crippen LogP contribution in [0.1, 0.15) is 82.7 Å². The number of methoxy groups -OCH3 is 1. The smallest absolute Gasteiger partial charge is 0.252 e. The molecular formula is C56H74N10O5. The fraction of sp³-hybridized carbons (Fsp3) is 0.429. The van der Waals surface area contributed by atoms with Crippen molar-refractivity contribution in [3.63, 3.8) is 0 Å². The summed E-state index contributed by atoms with van der Waals surface area (Å²) in [6.07, 6.45) is 7.66. The first-order chi connectivity index (χ1) is 33.8. The summed E-state index contributed by atoms with van der Waals surface area (Å²) in [6.45, 7) is 16.8. The fourth-order valence-electron chi connectivity index (χ4n) is 8.69. The van der Waals surface area contributed by atoms with Crippen LogP contribution in [0.3, 0.4) is 0 Å². The molecule has 4 aromatic carbocycles. The van der Waals surface area contributed by atoms with E-state index in [0.29, 0.717) is 36.4 Å². The fourth-order valence-corrected chi connectivity index (χ4v) is 8.69. The molecule has 2 aliphatic rings. The van der Waals surface area contributed by atoms with Crippen LogP contribution in [0, 0.1) is 13.8 Å². The quantitative estimate of drug-likeness (QED) is 0.0811. The van der Waals surface area contributed by atoms with Gasteiger partial charge in [0.05, 0.1) is 37.2 Å². The Kier molecular flexibility index (Phi) is 16.9. The van der Waals surface area contributed by atoms with E-state index < -0.39 is 0 Å². The van der Waals surface area contributed by atoms with Gasteiger partial charge >= 0.3 is 0 Å². The lowest BCUT2D eigenvalue weighted by Crippen LogP contribution is -2.57. The van der Waals surface area contributed by atoms with E-state index in [2.05, 4.69) is 92.9 Å². The van der Waals surface area contributed by atoms with Crippen molar-refractivity contribution in [2.24, 2.45) is 14.1 Å². The Hall–Kier alpha value is -6.68. The molecule has 6 aromatic rings. The lowest BCUT2D eigenvalue weighted by atomic mass is 10.00. The summed E-state index contributed by atoms with van der Waals surface area (Å²) in [6, 6.07) is 25.2. The topological polar surface area (TPSA) is 134 Å². The molecule has 4 heterocycles. The van der Waals surface area contributed by atoms with Crippen LogP contribution >= 0.6 is 0 Å². The van der Waals surface area contributed by atoms with E-state index in [1.807, 2.05) is 129 Å². The highest BCUT2D eigenvalue weighted by Gasteiger charge is 2.30. The number of aromatic nitrogens is 4. The van der Waals surface area contributed by atoms with Gasteiger partial charge in [-0.3, -0.25) is 19.0 Å². The third-order valence-corrected chi connectivity index (χ3v) is 13.4. The number of carbonyl (C=O) groups excluding carboxylic acids is 2. The second kappa shape index (κ2) is 23.0. The van der Waals surface area contributed by atoms with E-state index in [1.165, 1.54) is 0 Å². The zero-order chi connectivity index (χ0) is 51.1. The van der Waals surface area contributed by atoms with Gasteiger partial charge in [-0.2, -0.15) is 10.2 Å². The zero-order valence-corrected chi connectivity index (χ0v) is 44.0. The first-order valence-corrected chi connectivity index (χ1v) is 24.6. The molecule has 2 aliphatic heterocycles. The number of hydrogen-bond acceptors (Lipinski definition) is 11. The molecule has 71 heavy (non-hydrogen) atoms. The van der Waals surface area contributed by atoms with Gasteiger partial charge in [0.2, 0.25) is 0 Å². The molecule has 378 valence electrons. The van der Waals surface area contributed by atoms with Gasteiger partial charge in [-0.1, -0.05) is 12.1 Å². The summed E-state index contributed by atoms with van der Waals surface area (Å²) in [7, 11) is 13.9. The highest BCUT2D eigenvalue weighted by atomic mass is 16.5. The minimum atomic E-state index is -0.218. The highest BCUT2D eigenvalue weighted by Crippen LogP contribution is 2.33. The van der Waals surface area contributed by atoms with Gasteiger partial charge < -0.3 is 44.4 Å². The molecule has 2 aromatic heterocycles. The van der Waals surface area contributed by atoms with Gasteiger partial charge in [-0.25, -0.2) is 0 Å². The third-order valence-electron chi connectivity index (χ3n) is 13.4. The van der Waals surface area contributed by atoms with Crippen LogP contribution in [0.5, 0.6) is 11.5 Å². The first kappa shape index (κ1) is 52.2. The Morgan fingerprint density at radius 2 is 1.06 bits per heavy atom. The van der Waals surface area contributed by atoms with Gasteiger partial charge in [0.15, 0.2) is 0 Å². The van der Waals surface area contributed by atoms with Crippen molar-refractivity contribution in [1.29, 1.82) is 0 Å². The summed E-state index contributed by atoms with van der Waals surface area (Å²) < 4.78 is 20.6. The van der Waals surface area contributed by atoms with Crippen LogP contribution < -0.4 is 29.9 Å². The SMILES string of the molecule is COCCOc1cc(-c2cnn(C)c2)cc(C(C)NC(=O)c2cc(N3CC(N(C)C)C3)ccc2C)c1.Cc1ccc(N2CC(N(C)C)C2)cc1C(=O)NC(C)c1cc(OC(C)C)cc(-c2cnn(C)c2)c1. The number of rotatable bonds is 18. The standard InChI is InChI=1S/C28H37N5O3.C28H37N5O2/c1-19-7-8-24(33-17-25(18-33)31(3)4)14-27(19)28(34)30-20(2)21-11-22(23-15-29-32(5)16-23)13-26(12-21)36-10-9-35-6;1-18(2)35-26-11-21(10-22(12-26)23-14-29-32(7)15-23)20(4)30-28(34)27-13-24(9-8-19(27)3)33-16-25(17-33)31(5)6/h7-8,11-16,20,25H,9-10,17-18H2,1-6H3,(H,30,34);8-15,18,20,25H,16-17H2,1-7H3,(H,30,34). The van der Waals surface area contributed by atoms with Gasteiger partial charge in [0.25, 0.3) is 11.8 Å². The van der Waals surface area contributed by atoms with Crippen molar-refractivity contribution in [2.45, 2.75) is 71.8 Å². The minimum Gasteiger partial charge on any atom is -0.491 e. The maximum absolute atomic E-state index is 13.4. The molecule has 2 fully saturated rings. The monoisotopic (exact) mass is 967 g/mol. The van der Waals surface area contributed by atoms with Crippen molar-refractivity contribution < 1.29 is 23.8 Å². The Bertz CT molecular complexity index is 2770. The third kappa shape index (κ3) is 13.2. The number of anilines is 2. The maximum atomic E-state index is 13.4. The Morgan fingerprint density at radius 3 is 1.45 bits per heavy atom. The molecule has 2 amide bonds. The molecule has 2 N–H and O–H groups in total. The lowest BCUT2D eigenvalue weighted by molar-refractivity contribution is 0.0930. The summed E-state index contributed by atoms with van der Waals surface area (Å²) in [5, 5.41) is 15.0. The lowest BCUT2D eigenvalue weighted by Gasteiger charge is -2.44. The molecule has 0 saturated carbocycles. The highest BCUT2D eigenvalue weighted by molar-refractivity contribution is 5.97. The number of hydrogen-bond donors (Lipinski definition) is 2.